The summed E-state index contributed by atoms with van der Waals surface area (Å²) in [6.45, 7) is 0.416. The van der Waals surface area contributed by atoms with Gasteiger partial charge in [-0.15, -0.1) is 0 Å². The molecule has 5 rings (SSSR count). The number of nitro groups is 1. The number of allylic oxidation sites excluding steroid dienone is 2. The number of ether oxygens (including phenoxy) is 3. The molecule has 0 aromatic heterocycles. The van der Waals surface area contributed by atoms with Gasteiger partial charge in [0.15, 0.2) is 11.5 Å². The van der Waals surface area contributed by atoms with Crippen LogP contribution in [0, 0.1) is 16.0 Å². The summed E-state index contributed by atoms with van der Waals surface area (Å²) in [5, 5.41) is 15.4. The summed E-state index contributed by atoms with van der Waals surface area (Å²) in [7, 11) is 3.20. The third kappa shape index (κ3) is 4.23. The Bertz CT molecular complexity index is 1290. The highest BCUT2D eigenvalue weighted by molar-refractivity contribution is 9.10. The fraction of sp³-hybridized carbons (Fsp3) is 0.259. The van der Waals surface area contributed by atoms with Gasteiger partial charge in [-0.05, 0) is 57.6 Å². The van der Waals surface area contributed by atoms with Crippen LogP contribution in [-0.2, 0) is 6.61 Å². The number of rotatable bonds is 7. The second kappa shape index (κ2) is 9.62. The van der Waals surface area contributed by atoms with Crippen LogP contribution in [0.3, 0.4) is 0 Å². The second-order valence-electron chi connectivity index (χ2n) is 8.62. The molecule has 0 saturated heterocycles. The average molecular weight is 537 g/mol. The van der Waals surface area contributed by atoms with Crippen molar-refractivity contribution in [1.82, 2.24) is 0 Å². The normalized spacial score (nSPS) is 19.9. The van der Waals surface area contributed by atoms with Crippen LogP contribution in [0.2, 0.25) is 0 Å². The van der Waals surface area contributed by atoms with Gasteiger partial charge in [0, 0.05) is 12.0 Å². The van der Waals surface area contributed by atoms with Crippen LogP contribution in [0.1, 0.15) is 35.1 Å². The maximum absolute atomic E-state index is 11.8. The summed E-state index contributed by atoms with van der Waals surface area (Å²) in [6.07, 6.45) is 4.99. The van der Waals surface area contributed by atoms with Crippen molar-refractivity contribution in [2.45, 2.75) is 25.0 Å². The summed E-state index contributed by atoms with van der Waals surface area (Å²) in [5.41, 5.74) is 3.51. The SMILES string of the molecule is COc1ccc([N+](=O)[O-])c2c1N[C@H](c1cc(Br)c(OCc3ccccc3)c(OC)c1)[C@H]1CC=C[C@@H]21. The van der Waals surface area contributed by atoms with Gasteiger partial charge in [0.05, 0.1) is 40.9 Å². The number of fused-ring (bicyclic) bond motifs is 3. The molecule has 0 fully saturated rings. The van der Waals surface area contributed by atoms with E-state index in [0.29, 0.717) is 35.1 Å². The molecular weight excluding hydrogens is 512 g/mol. The quantitative estimate of drug-likeness (QED) is 0.203. The molecule has 0 amide bonds. The van der Waals surface area contributed by atoms with Gasteiger partial charge in [0.2, 0.25) is 0 Å². The van der Waals surface area contributed by atoms with Gasteiger partial charge < -0.3 is 19.5 Å². The fourth-order valence-electron chi connectivity index (χ4n) is 5.11. The summed E-state index contributed by atoms with van der Waals surface area (Å²) in [4.78, 5) is 11.5. The number of nitrogens with one attached hydrogen (secondary N) is 1. The molecule has 1 aliphatic heterocycles. The summed E-state index contributed by atoms with van der Waals surface area (Å²) < 4.78 is 18.2. The number of hydrogen-bond donors (Lipinski definition) is 1. The van der Waals surface area contributed by atoms with Crippen molar-refractivity contribution >= 4 is 27.3 Å². The van der Waals surface area contributed by atoms with Crippen LogP contribution >= 0.6 is 15.9 Å². The van der Waals surface area contributed by atoms with E-state index in [0.717, 1.165) is 22.0 Å². The molecule has 1 aliphatic carbocycles. The van der Waals surface area contributed by atoms with Crippen LogP contribution in [-0.4, -0.2) is 19.1 Å². The third-order valence-corrected chi connectivity index (χ3v) is 7.30. The number of halogens is 1. The van der Waals surface area contributed by atoms with Crippen LogP contribution in [0.4, 0.5) is 11.4 Å². The minimum absolute atomic E-state index is 0.0921. The number of hydrogen-bond acceptors (Lipinski definition) is 6. The molecule has 0 radical (unpaired) electrons. The number of anilines is 1. The van der Waals surface area contributed by atoms with Crippen molar-refractivity contribution in [2.24, 2.45) is 5.92 Å². The summed E-state index contributed by atoms with van der Waals surface area (Å²) >= 11 is 3.68. The fourth-order valence-corrected chi connectivity index (χ4v) is 5.69. The number of methoxy groups -OCH3 is 2. The van der Waals surface area contributed by atoms with E-state index in [4.69, 9.17) is 14.2 Å². The molecular formula is C27H25BrN2O5. The van der Waals surface area contributed by atoms with Crippen molar-refractivity contribution in [3.05, 3.63) is 98.0 Å². The molecule has 0 bridgehead atoms. The van der Waals surface area contributed by atoms with Gasteiger partial charge in [-0.25, -0.2) is 0 Å². The van der Waals surface area contributed by atoms with Crippen molar-refractivity contribution in [3.63, 3.8) is 0 Å². The highest BCUT2D eigenvalue weighted by atomic mass is 79.9. The first kappa shape index (κ1) is 23.2. The molecule has 8 heteroatoms. The van der Waals surface area contributed by atoms with E-state index < -0.39 is 0 Å². The van der Waals surface area contributed by atoms with E-state index >= 15 is 0 Å². The van der Waals surface area contributed by atoms with Crippen molar-refractivity contribution in [3.8, 4) is 17.2 Å². The Morgan fingerprint density at radius 2 is 1.86 bits per heavy atom. The molecule has 3 aromatic carbocycles. The molecule has 0 saturated carbocycles. The zero-order chi connectivity index (χ0) is 24.5. The van der Waals surface area contributed by atoms with Gasteiger partial charge in [0.1, 0.15) is 12.4 Å². The highest BCUT2D eigenvalue weighted by Gasteiger charge is 2.43. The maximum atomic E-state index is 11.8. The monoisotopic (exact) mass is 536 g/mol. The Balaban J connectivity index is 1.53. The molecule has 1 N–H and O–H groups in total. The lowest BCUT2D eigenvalue weighted by atomic mass is 9.76. The predicted molar refractivity (Wildman–Crippen MR) is 137 cm³/mol. The standard InChI is InChI=1S/C27H25BrN2O5/c1-33-22-12-11-21(30(31)32)24-18-9-6-10-19(18)25(29-26(22)24)17-13-20(28)27(23(14-17)34-2)35-15-16-7-4-3-5-8-16/h3-9,11-14,18-19,25,29H,10,15H2,1-2H3/t18-,19+,25-/m1/s1. The van der Waals surface area contributed by atoms with Crippen molar-refractivity contribution in [2.75, 3.05) is 19.5 Å². The molecule has 1 heterocycles. The van der Waals surface area contributed by atoms with Gasteiger partial charge in [-0.1, -0.05) is 42.5 Å². The maximum Gasteiger partial charge on any atom is 0.275 e. The lowest BCUT2D eigenvalue weighted by Gasteiger charge is -2.38. The van der Waals surface area contributed by atoms with Crippen LogP contribution < -0.4 is 19.5 Å². The summed E-state index contributed by atoms with van der Waals surface area (Å²) in [5.74, 6) is 1.85. The van der Waals surface area contributed by atoms with Gasteiger partial charge in [-0.3, -0.25) is 10.1 Å². The lowest BCUT2D eigenvalue weighted by Crippen LogP contribution is -2.30. The van der Waals surface area contributed by atoms with E-state index in [2.05, 4.69) is 33.4 Å². The topological polar surface area (TPSA) is 82.9 Å². The molecule has 7 nitrogen and oxygen atoms in total. The summed E-state index contributed by atoms with van der Waals surface area (Å²) in [6, 6.07) is 17.0. The van der Waals surface area contributed by atoms with Crippen molar-refractivity contribution in [1.29, 1.82) is 0 Å². The predicted octanol–water partition coefficient (Wildman–Crippen LogP) is 6.78. The van der Waals surface area contributed by atoms with E-state index in [1.165, 1.54) is 6.07 Å². The van der Waals surface area contributed by atoms with E-state index in [1.54, 1.807) is 20.3 Å². The molecule has 180 valence electrons. The first-order chi connectivity index (χ1) is 17.0. The van der Waals surface area contributed by atoms with Crippen LogP contribution in [0.15, 0.2) is 71.2 Å². The molecule has 0 unspecified atom stereocenters. The van der Waals surface area contributed by atoms with Gasteiger partial charge in [0.25, 0.3) is 5.69 Å². The largest absolute Gasteiger partial charge is 0.495 e. The minimum Gasteiger partial charge on any atom is -0.495 e. The van der Waals surface area contributed by atoms with Gasteiger partial charge in [-0.2, -0.15) is 0 Å². The van der Waals surface area contributed by atoms with Gasteiger partial charge >= 0.3 is 0 Å². The molecule has 2 aliphatic rings. The Kier molecular flexibility index (Phi) is 6.38. The lowest BCUT2D eigenvalue weighted by molar-refractivity contribution is -0.385. The third-order valence-electron chi connectivity index (χ3n) is 6.71. The van der Waals surface area contributed by atoms with Crippen LogP contribution in [0.25, 0.3) is 0 Å². The Labute approximate surface area is 212 Å². The first-order valence-corrected chi connectivity index (χ1v) is 12.1. The zero-order valence-corrected chi connectivity index (χ0v) is 20.9. The zero-order valence-electron chi connectivity index (χ0n) is 19.4. The first-order valence-electron chi connectivity index (χ1n) is 11.3. The van der Waals surface area contributed by atoms with E-state index in [-0.39, 0.29) is 28.5 Å². The Morgan fingerprint density at radius 1 is 1.09 bits per heavy atom. The average Bonchev–Trinajstić information content (AvgIpc) is 3.37. The minimum atomic E-state index is -0.317. The highest BCUT2D eigenvalue weighted by Crippen LogP contribution is 2.55. The molecule has 0 spiro atoms. The Hall–Kier alpha value is -3.52. The second-order valence-corrected chi connectivity index (χ2v) is 9.47. The van der Waals surface area contributed by atoms with E-state index in [1.807, 2.05) is 42.5 Å². The number of benzene rings is 3. The van der Waals surface area contributed by atoms with Crippen LogP contribution in [0.5, 0.6) is 17.2 Å². The Morgan fingerprint density at radius 3 is 2.57 bits per heavy atom. The molecule has 3 aromatic rings. The number of nitrogens with zero attached hydrogens (tertiary/aromatic N) is 1. The van der Waals surface area contributed by atoms with Crippen molar-refractivity contribution < 1.29 is 19.1 Å². The molecule has 35 heavy (non-hydrogen) atoms. The van der Waals surface area contributed by atoms with E-state index in [9.17, 15) is 10.1 Å². The number of nitro benzene ring substituents is 1. The molecule has 3 atom stereocenters. The smallest absolute Gasteiger partial charge is 0.275 e.